The van der Waals surface area contributed by atoms with Crippen LogP contribution in [0.25, 0.3) is 11.4 Å². The van der Waals surface area contributed by atoms with E-state index >= 15 is 0 Å². The van der Waals surface area contributed by atoms with E-state index in [-0.39, 0.29) is 6.04 Å². The predicted octanol–water partition coefficient (Wildman–Crippen LogP) is 2.92. The Morgan fingerprint density at radius 2 is 1.72 bits per heavy atom. The summed E-state index contributed by atoms with van der Waals surface area (Å²) in [5, 5.41) is 0. The van der Waals surface area contributed by atoms with Gasteiger partial charge in [0.05, 0.1) is 16.5 Å². The number of hydrogen-bond acceptors (Lipinski definition) is 5. The maximum absolute atomic E-state index is 11.6. The molecule has 0 unspecified atom stereocenters. The van der Waals surface area contributed by atoms with Gasteiger partial charge in [-0.2, -0.15) is 0 Å². The monoisotopic (exact) mass is 356 g/mol. The van der Waals surface area contributed by atoms with Crippen molar-refractivity contribution in [3.05, 3.63) is 60.4 Å². The van der Waals surface area contributed by atoms with Crippen LogP contribution in [0, 0.1) is 0 Å². The number of aryl methyl sites for hydroxylation is 1. The van der Waals surface area contributed by atoms with Gasteiger partial charge in [0.15, 0.2) is 9.84 Å². The highest BCUT2D eigenvalue weighted by atomic mass is 32.2. The van der Waals surface area contributed by atoms with E-state index in [4.69, 9.17) is 0 Å². The molecule has 0 aliphatic carbocycles. The Kier molecular flexibility index (Phi) is 4.67. The Balaban J connectivity index is 1.93. The van der Waals surface area contributed by atoms with Gasteiger partial charge < -0.3 is 4.57 Å². The quantitative estimate of drug-likeness (QED) is 0.702. The van der Waals surface area contributed by atoms with Crippen LogP contribution in [0.15, 0.2) is 53.9 Å². The molecule has 130 valence electrons. The largest absolute Gasteiger partial charge is 0.324 e. The van der Waals surface area contributed by atoms with Gasteiger partial charge >= 0.3 is 0 Å². The molecule has 0 aliphatic rings. The molecule has 6 nitrogen and oxygen atoms in total. The van der Waals surface area contributed by atoms with Gasteiger partial charge in [0, 0.05) is 37.5 Å². The molecule has 0 fully saturated rings. The van der Waals surface area contributed by atoms with Crippen molar-refractivity contribution in [2.45, 2.75) is 31.2 Å². The van der Waals surface area contributed by atoms with Crippen molar-refractivity contribution in [2.24, 2.45) is 0 Å². The first-order chi connectivity index (χ1) is 11.9. The summed E-state index contributed by atoms with van der Waals surface area (Å²) in [5.41, 5.74) is 1.85. The Labute approximate surface area is 147 Å². The normalized spacial score (nSPS) is 12.9. The summed E-state index contributed by atoms with van der Waals surface area (Å²) in [7, 11) is -3.19. The summed E-state index contributed by atoms with van der Waals surface area (Å²) in [6.45, 7) is 4.06. The second-order valence-corrected chi connectivity index (χ2v) is 7.93. The third kappa shape index (κ3) is 3.61. The molecule has 0 spiro atoms. The number of rotatable bonds is 5. The smallest absolute Gasteiger partial charge is 0.175 e. The second-order valence-electron chi connectivity index (χ2n) is 5.92. The molecular formula is C18H20N4O2S. The average Bonchev–Trinajstić information content (AvgIpc) is 3.10. The van der Waals surface area contributed by atoms with Crippen molar-refractivity contribution in [1.29, 1.82) is 0 Å². The molecule has 7 heteroatoms. The lowest BCUT2D eigenvalue weighted by Gasteiger charge is -2.17. The number of aromatic nitrogens is 4. The molecule has 3 aromatic rings. The Morgan fingerprint density at radius 1 is 1.08 bits per heavy atom. The van der Waals surface area contributed by atoms with Gasteiger partial charge in [0.2, 0.25) is 0 Å². The molecule has 25 heavy (non-hydrogen) atoms. The Hall–Kier alpha value is -2.54. The molecule has 0 amide bonds. The van der Waals surface area contributed by atoms with E-state index in [0.717, 1.165) is 29.2 Å². The zero-order valence-corrected chi connectivity index (χ0v) is 15.2. The van der Waals surface area contributed by atoms with Crippen molar-refractivity contribution < 1.29 is 8.42 Å². The third-order valence-corrected chi connectivity index (χ3v) is 5.28. The topological polar surface area (TPSA) is 77.7 Å². The van der Waals surface area contributed by atoms with E-state index in [0.29, 0.717) is 4.90 Å². The fourth-order valence-electron chi connectivity index (χ4n) is 2.66. The second kappa shape index (κ2) is 6.76. The summed E-state index contributed by atoms with van der Waals surface area (Å²) >= 11 is 0. The number of imidazole rings is 1. The van der Waals surface area contributed by atoms with Crippen LogP contribution in [0.5, 0.6) is 0 Å². The van der Waals surface area contributed by atoms with Crippen LogP contribution < -0.4 is 0 Å². The van der Waals surface area contributed by atoms with Crippen LogP contribution in [0.4, 0.5) is 0 Å². The highest BCUT2D eigenvalue weighted by molar-refractivity contribution is 7.90. The van der Waals surface area contributed by atoms with Gasteiger partial charge in [-0.05, 0) is 24.6 Å². The molecule has 0 aliphatic heterocycles. The standard InChI is InChI=1S/C18H20N4O2S/c1-4-17-20-11-15(12-21-17)18-19-9-10-22(18)13(2)14-5-7-16(8-6-14)25(3,23)24/h5-13H,4H2,1-3H3/t13-/m0/s1. The number of benzene rings is 1. The molecule has 0 bridgehead atoms. The van der Waals surface area contributed by atoms with Crippen LogP contribution >= 0.6 is 0 Å². The SMILES string of the molecule is CCc1ncc(-c2nccn2[C@@H](C)c2ccc(S(C)(=O)=O)cc2)cn1. The Morgan fingerprint density at radius 3 is 2.28 bits per heavy atom. The number of hydrogen-bond donors (Lipinski definition) is 0. The van der Waals surface area contributed by atoms with Gasteiger partial charge in [-0.3, -0.25) is 0 Å². The van der Waals surface area contributed by atoms with Gasteiger partial charge in [-0.25, -0.2) is 23.4 Å². The minimum Gasteiger partial charge on any atom is -0.324 e. The van der Waals surface area contributed by atoms with Crippen molar-refractivity contribution in [3.8, 4) is 11.4 Å². The maximum atomic E-state index is 11.6. The molecule has 0 N–H and O–H groups in total. The summed E-state index contributed by atoms with van der Waals surface area (Å²) in [6.07, 6.45) is 9.20. The molecule has 3 rings (SSSR count). The van der Waals surface area contributed by atoms with E-state index in [9.17, 15) is 8.42 Å². The summed E-state index contributed by atoms with van der Waals surface area (Å²) in [4.78, 5) is 13.4. The van der Waals surface area contributed by atoms with Crippen LogP contribution in [-0.2, 0) is 16.3 Å². The molecule has 1 aromatic carbocycles. The van der Waals surface area contributed by atoms with Crippen molar-refractivity contribution in [2.75, 3.05) is 6.26 Å². The van der Waals surface area contributed by atoms with E-state index in [1.165, 1.54) is 6.26 Å². The molecule has 0 saturated heterocycles. The first kappa shape index (κ1) is 17.3. The van der Waals surface area contributed by atoms with Gasteiger partial charge in [0.1, 0.15) is 11.6 Å². The maximum Gasteiger partial charge on any atom is 0.175 e. The lowest BCUT2D eigenvalue weighted by molar-refractivity contribution is 0.601. The van der Waals surface area contributed by atoms with Gasteiger partial charge in [0.25, 0.3) is 0 Å². The first-order valence-electron chi connectivity index (χ1n) is 8.04. The molecule has 0 radical (unpaired) electrons. The third-order valence-electron chi connectivity index (χ3n) is 4.16. The fraction of sp³-hybridized carbons (Fsp3) is 0.278. The highest BCUT2D eigenvalue weighted by Crippen LogP contribution is 2.25. The summed E-state index contributed by atoms with van der Waals surface area (Å²) < 4.78 is 25.2. The van der Waals surface area contributed by atoms with E-state index in [1.807, 2.05) is 36.7 Å². The lowest BCUT2D eigenvalue weighted by atomic mass is 10.1. The predicted molar refractivity (Wildman–Crippen MR) is 96.0 cm³/mol. The first-order valence-corrected chi connectivity index (χ1v) is 9.93. The lowest BCUT2D eigenvalue weighted by Crippen LogP contribution is -2.08. The van der Waals surface area contributed by atoms with Gasteiger partial charge in [-0.15, -0.1) is 0 Å². The fourth-order valence-corrected chi connectivity index (χ4v) is 3.29. The van der Waals surface area contributed by atoms with Crippen molar-refractivity contribution in [1.82, 2.24) is 19.5 Å². The molecule has 2 aromatic heterocycles. The van der Waals surface area contributed by atoms with E-state index in [1.54, 1.807) is 30.7 Å². The van der Waals surface area contributed by atoms with Crippen LogP contribution in [0.2, 0.25) is 0 Å². The van der Waals surface area contributed by atoms with Crippen molar-refractivity contribution >= 4 is 9.84 Å². The summed E-state index contributed by atoms with van der Waals surface area (Å²) in [6, 6.07) is 6.94. The zero-order valence-electron chi connectivity index (χ0n) is 14.4. The molecule has 1 atom stereocenters. The van der Waals surface area contributed by atoms with E-state index < -0.39 is 9.84 Å². The van der Waals surface area contributed by atoms with Crippen molar-refractivity contribution in [3.63, 3.8) is 0 Å². The number of nitrogens with zero attached hydrogens (tertiary/aromatic N) is 4. The molecule has 0 saturated carbocycles. The molecule has 2 heterocycles. The van der Waals surface area contributed by atoms with Crippen LogP contribution in [0.1, 0.15) is 31.3 Å². The minimum absolute atomic E-state index is 0.00281. The minimum atomic E-state index is -3.19. The highest BCUT2D eigenvalue weighted by Gasteiger charge is 2.15. The zero-order chi connectivity index (χ0) is 18.0. The Bertz CT molecular complexity index is 961. The van der Waals surface area contributed by atoms with Gasteiger partial charge in [-0.1, -0.05) is 19.1 Å². The van der Waals surface area contributed by atoms with Crippen LogP contribution in [-0.4, -0.2) is 34.2 Å². The average molecular weight is 356 g/mol. The summed E-state index contributed by atoms with van der Waals surface area (Å²) in [5.74, 6) is 1.58. The number of sulfone groups is 1. The molecular weight excluding hydrogens is 336 g/mol. The van der Waals surface area contributed by atoms with E-state index in [2.05, 4.69) is 15.0 Å². The van der Waals surface area contributed by atoms with Crippen LogP contribution in [0.3, 0.4) is 0 Å².